The van der Waals surface area contributed by atoms with Crippen molar-refractivity contribution in [2.24, 2.45) is 0 Å². The van der Waals surface area contributed by atoms with Crippen molar-refractivity contribution in [1.82, 2.24) is 4.98 Å². The molecular formula is C10H9FN2O. The predicted molar refractivity (Wildman–Crippen MR) is 52.7 cm³/mol. The summed E-state index contributed by atoms with van der Waals surface area (Å²) in [6.07, 6.45) is 1.43. The van der Waals surface area contributed by atoms with E-state index in [1.54, 1.807) is 12.1 Å². The van der Waals surface area contributed by atoms with Crippen LogP contribution in [0.25, 0.3) is 10.9 Å². The third-order valence-electron chi connectivity index (χ3n) is 1.97. The molecule has 1 heterocycles. The number of nitrogens with zero attached hydrogens (tertiary/aromatic N) is 1. The molecule has 2 N–H and O–H groups in total. The van der Waals surface area contributed by atoms with Crippen molar-refractivity contribution in [1.29, 1.82) is 0 Å². The lowest BCUT2D eigenvalue weighted by Gasteiger charge is -2.03. The van der Waals surface area contributed by atoms with Gasteiger partial charge in [0.1, 0.15) is 11.3 Å². The number of ether oxygens (including phenoxy) is 1. The Morgan fingerprint density at radius 1 is 1.36 bits per heavy atom. The van der Waals surface area contributed by atoms with Crippen molar-refractivity contribution < 1.29 is 9.13 Å². The molecule has 0 aliphatic carbocycles. The first-order valence-electron chi connectivity index (χ1n) is 4.09. The van der Waals surface area contributed by atoms with Crippen LogP contribution in [0.3, 0.4) is 0 Å². The van der Waals surface area contributed by atoms with Gasteiger partial charge in [0.2, 0.25) is 0 Å². The third-order valence-corrected chi connectivity index (χ3v) is 1.97. The fourth-order valence-corrected chi connectivity index (χ4v) is 1.31. The second kappa shape index (κ2) is 3.14. The number of halogens is 1. The molecule has 1 aromatic carbocycles. The van der Waals surface area contributed by atoms with E-state index in [1.165, 1.54) is 19.4 Å². The lowest BCUT2D eigenvalue weighted by atomic mass is 10.2. The zero-order chi connectivity index (χ0) is 10.1. The van der Waals surface area contributed by atoms with Gasteiger partial charge in [-0.3, -0.25) is 4.98 Å². The fourth-order valence-electron chi connectivity index (χ4n) is 1.31. The van der Waals surface area contributed by atoms with Gasteiger partial charge in [-0.2, -0.15) is 0 Å². The SMILES string of the molecule is COc1cc(F)c2ncc(N)cc2c1. The van der Waals surface area contributed by atoms with Gasteiger partial charge in [0.25, 0.3) is 0 Å². The lowest BCUT2D eigenvalue weighted by Crippen LogP contribution is -1.91. The minimum atomic E-state index is -0.403. The minimum Gasteiger partial charge on any atom is -0.497 e. The summed E-state index contributed by atoms with van der Waals surface area (Å²) >= 11 is 0. The van der Waals surface area contributed by atoms with Crippen molar-refractivity contribution in [3.63, 3.8) is 0 Å². The zero-order valence-electron chi connectivity index (χ0n) is 7.62. The van der Waals surface area contributed by atoms with Crippen LogP contribution in [0.1, 0.15) is 0 Å². The monoisotopic (exact) mass is 192 g/mol. The van der Waals surface area contributed by atoms with Crippen LogP contribution in [-0.2, 0) is 0 Å². The van der Waals surface area contributed by atoms with E-state index >= 15 is 0 Å². The first kappa shape index (κ1) is 8.74. The Labute approximate surface area is 80.3 Å². The van der Waals surface area contributed by atoms with E-state index in [0.29, 0.717) is 22.3 Å². The molecule has 4 heteroatoms. The molecule has 0 amide bonds. The Morgan fingerprint density at radius 2 is 2.14 bits per heavy atom. The number of aromatic nitrogens is 1. The van der Waals surface area contributed by atoms with Crippen LogP contribution in [0, 0.1) is 5.82 Å². The van der Waals surface area contributed by atoms with Crippen LogP contribution < -0.4 is 10.5 Å². The van der Waals surface area contributed by atoms with Crippen molar-refractivity contribution in [2.45, 2.75) is 0 Å². The number of nitrogen functional groups attached to an aromatic ring is 1. The molecule has 14 heavy (non-hydrogen) atoms. The van der Waals surface area contributed by atoms with Crippen molar-refractivity contribution in [3.8, 4) is 5.75 Å². The van der Waals surface area contributed by atoms with Gasteiger partial charge < -0.3 is 10.5 Å². The van der Waals surface area contributed by atoms with Gasteiger partial charge in [-0.15, -0.1) is 0 Å². The molecule has 0 saturated heterocycles. The average molecular weight is 192 g/mol. The van der Waals surface area contributed by atoms with Gasteiger partial charge in [-0.05, 0) is 12.1 Å². The first-order valence-corrected chi connectivity index (χ1v) is 4.09. The molecule has 0 spiro atoms. The number of anilines is 1. The number of methoxy groups -OCH3 is 1. The van der Waals surface area contributed by atoms with Crippen LogP contribution in [-0.4, -0.2) is 12.1 Å². The van der Waals surface area contributed by atoms with Crippen LogP contribution in [0.2, 0.25) is 0 Å². The molecule has 2 rings (SSSR count). The maximum atomic E-state index is 13.4. The molecule has 0 bridgehead atoms. The number of fused-ring (bicyclic) bond motifs is 1. The van der Waals surface area contributed by atoms with E-state index in [1.807, 2.05) is 0 Å². The van der Waals surface area contributed by atoms with E-state index in [2.05, 4.69) is 4.98 Å². The highest BCUT2D eigenvalue weighted by molar-refractivity contribution is 5.83. The summed E-state index contributed by atoms with van der Waals surface area (Å²) in [6.45, 7) is 0. The normalized spacial score (nSPS) is 10.4. The number of hydrogen-bond acceptors (Lipinski definition) is 3. The summed E-state index contributed by atoms with van der Waals surface area (Å²) in [5.41, 5.74) is 6.35. The van der Waals surface area contributed by atoms with Gasteiger partial charge in [0, 0.05) is 11.5 Å². The van der Waals surface area contributed by atoms with Crippen LogP contribution >= 0.6 is 0 Å². The molecule has 0 radical (unpaired) electrons. The topological polar surface area (TPSA) is 48.1 Å². The van der Waals surface area contributed by atoms with E-state index in [4.69, 9.17) is 10.5 Å². The highest BCUT2D eigenvalue weighted by atomic mass is 19.1. The quantitative estimate of drug-likeness (QED) is 0.751. The van der Waals surface area contributed by atoms with E-state index in [9.17, 15) is 4.39 Å². The largest absolute Gasteiger partial charge is 0.497 e. The molecule has 1 aromatic heterocycles. The standard InChI is InChI=1S/C10H9FN2O/c1-14-8-3-6-2-7(12)5-13-10(6)9(11)4-8/h2-5H,12H2,1H3. The number of pyridine rings is 1. The Balaban J connectivity index is 2.77. The number of nitrogens with two attached hydrogens (primary N) is 1. The number of benzene rings is 1. The van der Waals surface area contributed by atoms with Crippen molar-refractivity contribution in [2.75, 3.05) is 12.8 Å². The van der Waals surface area contributed by atoms with Crippen LogP contribution in [0.4, 0.5) is 10.1 Å². The maximum Gasteiger partial charge on any atom is 0.153 e. The van der Waals surface area contributed by atoms with Gasteiger partial charge in [-0.1, -0.05) is 0 Å². The van der Waals surface area contributed by atoms with Gasteiger partial charge >= 0.3 is 0 Å². The maximum absolute atomic E-state index is 13.4. The second-order valence-corrected chi connectivity index (χ2v) is 2.95. The molecule has 3 nitrogen and oxygen atoms in total. The smallest absolute Gasteiger partial charge is 0.153 e. The molecule has 0 saturated carbocycles. The molecule has 0 atom stereocenters. The molecule has 0 unspecified atom stereocenters. The van der Waals surface area contributed by atoms with Crippen molar-refractivity contribution in [3.05, 3.63) is 30.2 Å². The summed E-state index contributed by atoms with van der Waals surface area (Å²) in [7, 11) is 1.49. The van der Waals surface area contributed by atoms with Crippen molar-refractivity contribution >= 4 is 16.6 Å². The van der Waals surface area contributed by atoms with Crippen LogP contribution in [0.15, 0.2) is 24.4 Å². The van der Waals surface area contributed by atoms with Gasteiger partial charge in [0.15, 0.2) is 5.82 Å². The Bertz CT molecular complexity index is 485. The van der Waals surface area contributed by atoms with E-state index in [0.717, 1.165) is 0 Å². The second-order valence-electron chi connectivity index (χ2n) is 2.95. The summed E-state index contributed by atoms with van der Waals surface area (Å²) in [4.78, 5) is 3.90. The fraction of sp³-hybridized carbons (Fsp3) is 0.100. The lowest BCUT2D eigenvalue weighted by molar-refractivity contribution is 0.412. The number of rotatable bonds is 1. The average Bonchev–Trinajstić information content (AvgIpc) is 2.16. The van der Waals surface area contributed by atoms with E-state index < -0.39 is 5.82 Å². The Kier molecular flexibility index (Phi) is 1.96. The van der Waals surface area contributed by atoms with Gasteiger partial charge in [-0.25, -0.2) is 4.39 Å². The number of hydrogen-bond donors (Lipinski definition) is 1. The molecule has 0 aliphatic heterocycles. The minimum absolute atomic E-state index is 0.306. The molecule has 2 aromatic rings. The molecular weight excluding hydrogens is 183 g/mol. The zero-order valence-corrected chi connectivity index (χ0v) is 7.62. The summed E-state index contributed by atoms with van der Waals surface area (Å²) in [5, 5.41) is 0.641. The summed E-state index contributed by atoms with van der Waals surface area (Å²) in [6, 6.07) is 4.65. The summed E-state index contributed by atoms with van der Waals surface area (Å²) < 4.78 is 18.3. The van der Waals surface area contributed by atoms with Gasteiger partial charge in [0.05, 0.1) is 19.0 Å². The molecule has 72 valence electrons. The Morgan fingerprint density at radius 3 is 2.86 bits per heavy atom. The highest BCUT2D eigenvalue weighted by Gasteiger charge is 2.05. The van der Waals surface area contributed by atoms with Crippen LogP contribution in [0.5, 0.6) is 5.75 Å². The highest BCUT2D eigenvalue weighted by Crippen LogP contribution is 2.23. The summed E-state index contributed by atoms with van der Waals surface area (Å²) in [5.74, 6) is 0.0572. The van der Waals surface area contributed by atoms with E-state index in [-0.39, 0.29) is 0 Å². The molecule has 0 aliphatic rings. The third kappa shape index (κ3) is 1.35. The predicted octanol–water partition coefficient (Wildman–Crippen LogP) is 1.96. The first-order chi connectivity index (χ1) is 6.70. The molecule has 0 fully saturated rings. The Hall–Kier alpha value is -1.84.